The lowest BCUT2D eigenvalue weighted by Crippen LogP contribution is -2.12. The van der Waals surface area contributed by atoms with Crippen LogP contribution < -0.4 is 10.1 Å². The van der Waals surface area contributed by atoms with Gasteiger partial charge in [-0.05, 0) is 48.9 Å². The zero-order valence-corrected chi connectivity index (χ0v) is 17.0. The first-order valence-electron chi connectivity index (χ1n) is 9.83. The minimum Gasteiger partial charge on any atom is -0.473 e. The Balaban J connectivity index is 1.49. The number of nitrogens with zero attached hydrogens (tertiary/aromatic N) is 2. The van der Waals surface area contributed by atoms with Crippen molar-refractivity contribution in [2.45, 2.75) is 13.5 Å². The maximum absolute atomic E-state index is 12.5. The largest absolute Gasteiger partial charge is 0.473 e. The SMILES string of the molecule is Cc1cc(OCc2ccccc2)n(-c2ccc(C(=O)Nc3cccc(C=O)c3)cc2)n1. The third-order valence-corrected chi connectivity index (χ3v) is 4.68. The summed E-state index contributed by atoms with van der Waals surface area (Å²) in [4.78, 5) is 23.5. The lowest BCUT2D eigenvalue weighted by atomic mass is 10.1. The van der Waals surface area contributed by atoms with Gasteiger partial charge in [0, 0.05) is 22.9 Å². The number of rotatable bonds is 7. The van der Waals surface area contributed by atoms with Crippen molar-refractivity contribution in [3.8, 4) is 11.6 Å². The van der Waals surface area contributed by atoms with Crippen molar-refractivity contribution in [3.63, 3.8) is 0 Å². The van der Waals surface area contributed by atoms with Gasteiger partial charge in [0.1, 0.15) is 12.9 Å². The molecule has 0 atom stereocenters. The third-order valence-electron chi connectivity index (χ3n) is 4.68. The average Bonchev–Trinajstić information content (AvgIpc) is 3.19. The fraction of sp³-hybridized carbons (Fsp3) is 0.0800. The molecule has 0 bridgehead atoms. The van der Waals surface area contributed by atoms with Gasteiger partial charge in [-0.15, -0.1) is 0 Å². The molecule has 0 aliphatic carbocycles. The molecule has 0 spiro atoms. The van der Waals surface area contributed by atoms with Crippen LogP contribution in [-0.4, -0.2) is 22.0 Å². The summed E-state index contributed by atoms with van der Waals surface area (Å²) in [5.41, 5.74) is 4.26. The molecule has 0 saturated heterocycles. The number of hydrogen-bond acceptors (Lipinski definition) is 4. The van der Waals surface area contributed by atoms with E-state index in [9.17, 15) is 9.59 Å². The summed E-state index contributed by atoms with van der Waals surface area (Å²) in [7, 11) is 0. The molecule has 0 fully saturated rings. The third kappa shape index (κ3) is 4.87. The number of ether oxygens (including phenoxy) is 1. The number of benzene rings is 3. The van der Waals surface area contributed by atoms with Gasteiger partial charge in [-0.1, -0.05) is 42.5 Å². The summed E-state index contributed by atoms with van der Waals surface area (Å²) in [6, 6.07) is 25.7. The zero-order valence-electron chi connectivity index (χ0n) is 17.0. The standard InChI is InChI=1S/C25H21N3O3/c1-18-14-24(31-17-19-6-3-2-4-7-19)28(27-18)23-12-10-21(11-13-23)25(30)26-22-9-5-8-20(15-22)16-29/h2-16H,17H2,1H3,(H,26,30). The molecule has 154 valence electrons. The number of amides is 1. The Labute approximate surface area is 180 Å². The molecule has 0 aliphatic rings. The van der Waals surface area contributed by atoms with Crippen LogP contribution in [0.2, 0.25) is 0 Å². The number of anilines is 1. The number of carbonyl (C=O) groups is 2. The minimum atomic E-state index is -0.258. The van der Waals surface area contributed by atoms with Crippen LogP contribution in [0.3, 0.4) is 0 Å². The zero-order chi connectivity index (χ0) is 21.6. The first-order chi connectivity index (χ1) is 15.1. The van der Waals surface area contributed by atoms with Gasteiger partial charge in [0.05, 0.1) is 11.4 Å². The summed E-state index contributed by atoms with van der Waals surface area (Å²) in [5, 5.41) is 7.31. The number of aromatic nitrogens is 2. The second-order valence-corrected chi connectivity index (χ2v) is 7.05. The summed E-state index contributed by atoms with van der Waals surface area (Å²) < 4.78 is 7.69. The van der Waals surface area contributed by atoms with Gasteiger partial charge in [0.2, 0.25) is 5.88 Å². The van der Waals surface area contributed by atoms with Gasteiger partial charge in [-0.3, -0.25) is 9.59 Å². The molecule has 0 aliphatic heterocycles. The Kier molecular flexibility index (Phi) is 5.89. The Morgan fingerprint density at radius 2 is 1.77 bits per heavy atom. The van der Waals surface area contributed by atoms with E-state index >= 15 is 0 Å². The van der Waals surface area contributed by atoms with Crippen LogP contribution in [-0.2, 0) is 6.61 Å². The van der Waals surface area contributed by atoms with Crippen LogP contribution in [0, 0.1) is 6.92 Å². The smallest absolute Gasteiger partial charge is 0.255 e. The highest BCUT2D eigenvalue weighted by molar-refractivity contribution is 6.04. The monoisotopic (exact) mass is 411 g/mol. The molecule has 1 N–H and O–H groups in total. The highest BCUT2D eigenvalue weighted by Gasteiger charge is 2.11. The maximum atomic E-state index is 12.5. The fourth-order valence-corrected chi connectivity index (χ4v) is 3.14. The predicted octanol–water partition coefficient (Wildman–Crippen LogP) is 4.82. The number of aryl methyl sites for hydroxylation is 1. The van der Waals surface area contributed by atoms with Crippen LogP contribution in [0.5, 0.6) is 5.88 Å². The predicted molar refractivity (Wildman–Crippen MR) is 119 cm³/mol. The average molecular weight is 411 g/mol. The van der Waals surface area contributed by atoms with Crippen LogP contribution in [0.15, 0.2) is 84.9 Å². The first kappa shape index (κ1) is 20.1. The van der Waals surface area contributed by atoms with E-state index in [1.807, 2.05) is 55.5 Å². The number of nitrogens with one attached hydrogen (secondary N) is 1. The van der Waals surface area contributed by atoms with E-state index in [2.05, 4.69) is 10.4 Å². The first-order valence-corrected chi connectivity index (χ1v) is 9.83. The van der Waals surface area contributed by atoms with E-state index in [1.165, 1.54) is 0 Å². The summed E-state index contributed by atoms with van der Waals surface area (Å²) >= 11 is 0. The van der Waals surface area contributed by atoms with Gasteiger partial charge in [-0.2, -0.15) is 5.10 Å². The molecule has 6 nitrogen and oxygen atoms in total. The number of hydrogen-bond donors (Lipinski definition) is 1. The molecular weight excluding hydrogens is 390 g/mol. The van der Waals surface area contributed by atoms with E-state index in [0.717, 1.165) is 23.2 Å². The maximum Gasteiger partial charge on any atom is 0.255 e. The van der Waals surface area contributed by atoms with Gasteiger partial charge in [0.15, 0.2) is 0 Å². The van der Waals surface area contributed by atoms with Crippen LogP contribution in [0.1, 0.15) is 32.0 Å². The second kappa shape index (κ2) is 9.09. The molecule has 31 heavy (non-hydrogen) atoms. The lowest BCUT2D eigenvalue weighted by Gasteiger charge is -2.10. The quantitative estimate of drug-likeness (QED) is 0.442. The van der Waals surface area contributed by atoms with Crippen LogP contribution >= 0.6 is 0 Å². The van der Waals surface area contributed by atoms with Crippen molar-refractivity contribution in [2.24, 2.45) is 0 Å². The molecule has 6 heteroatoms. The van der Waals surface area contributed by atoms with Crippen molar-refractivity contribution < 1.29 is 14.3 Å². The van der Waals surface area contributed by atoms with E-state index in [0.29, 0.717) is 29.3 Å². The topological polar surface area (TPSA) is 73.2 Å². The number of carbonyl (C=O) groups excluding carboxylic acids is 2. The van der Waals surface area contributed by atoms with Gasteiger partial charge >= 0.3 is 0 Å². The lowest BCUT2D eigenvalue weighted by molar-refractivity contribution is 0.102. The van der Waals surface area contributed by atoms with E-state index in [1.54, 1.807) is 41.1 Å². The fourth-order valence-electron chi connectivity index (χ4n) is 3.14. The second-order valence-electron chi connectivity index (χ2n) is 7.05. The molecule has 1 aromatic heterocycles. The van der Waals surface area contributed by atoms with E-state index in [4.69, 9.17) is 4.74 Å². The molecule has 1 heterocycles. The number of aldehydes is 1. The molecule has 0 radical (unpaired) electrons. The van der Waals surface area contributed by atoms with Crippen molar-refractivity contribution in [1.29, 1.82) is 0 Å². The van der Waals surface area contributed by atoms with E-state index < -0.39 is 0 Å². The normalized spacial score (nSPS) is 10.5. The Hall–Kier alpha value is -4.19. The van der Waals surface area contributed by atoms with Crippen LogP contribution in [0.25, 0.3) is 5.69 Å². The molecule has 0 unspecified atom stereocenters. The van der Waals surface area contributed by atoms with Gasteiger partial charge in [-0.25, -0.2) is 4.68 Å². The van der Waals surface area contributed by atoms with Gasteiger partial charge < -0.3 is 10.1 Å². The Bertz CT molecular complexity index is 1200. The molecule has 3 aromatic carbocycles. The Morgan fingerprint density at radius 1 is 1.00 bits per heavy atom. The summed E-state index contributed by atoms with van der Waals surface area (Å²) in [6.45, 7) is 2.34. The Morgan fingerprint density at radius 3 is 2.52 bits per heavy atom. The summed E-state index contributed by atoms with van der Waals surface area (Å²) in [5.74, 6) is 0.371. The van der Waals surface area contributed by atoms with E-state index in [-0.39, 0.29) is 5.91 Å². The highest BCUT2D eigenvalue weighted by atomic mass is 16.5. The van der Waals surface area contributed by atoms with Gasteiger partial charge in [0.25, 0.3) is 5.91 Å². The van der Waals surface area contributed by atoms with Crippen molar-refractivity contribution in [3.05, 3.63) is 107 Å². The molecular formula is C25H21N3O3. The summed E-state index contributed by atoms with van der Waals surface area (Å²) in [6.07, 6.45) is 0.744. The molecule has 4 aromatic rings. The van der Waals surface area contributed by atoms with Crippen LogP contribution in [0.4, 0.5) is 5.69 Å². The van der Waals surface area contributed by atoms with Crippen molar-refractivity contribution >= 4 is 17.9 Å². The minimum absolute atomic E-state index is 0.258. The molecule has 0 saturated carbocycles. The molecule has 4 rings (SSSR count). The highest BCUT2D eigenvalue weighted by Crippen LogP contribution is 2.21. The van der Waals surface area contributed by atoms with Crippen molar-refractivity contribution in [2.75, 3.05) is 5.32 Å². The molecule has 1 amide bonds. The van der Waals surface area contributed by atoms with Crippen molar-refractivity contribution in [1.82, 2.24) is 9.78 Å².